The normalized spacial score (nSPS) is 11.0. The molecule has 0 aliphatic heterocycles. The van der Waals surface area contributed by atoms with Crippen LogP contribution in [-0.4, -0.2) is 28.3 Å². The Balaban J connectivity index is 2.15. The zero-order chi connectivity index (χ0) is 15.7. The Hall–Kier alpha value is -2.34. The number of nitrogens with one attached hydrogen (secondary N) is 1. The molecule has 0 bridgehead atoms. The van der Waals surface area contributed by atoms with Crippen LogP contribution in [0.2, 0.25) is 0 Å². The molecule has 6 heteroatoms. The van der Waals surface area contributed by atoms with Gasteiger partial charge in [0.1, 0.15) is 0 Å². The third kappa shape index (κ3) is 2.57. The molecule has 112 valence electrons. The minimum atomic E-state index is -0.102. The van der Waals surface area contributed by atoms with E-state index in [-0.39, 0.29) is 17.2 Å². The van der Waals surface area contributed by atoms with E-state index in [2.05, 4.69) is 10.3 Å². The minimum absolute atomic E-state index is 0.0992. The smallest absolute Gasteiger partial charge is 0.261 e. The SMILES string of the molecule is CNC(=O)CSc1nc2cc3ccccc3cc2c(=O)n1C. The van der Waals surface area contributed by atoms with Crippen LogP contribution in [0.1, 0.15) is 0 Å². The molecule has 0 saturated carbocycles. The predicted octanol–water partition coefficient (Wildman–Crippen LogP) is 1.92. The third-order valence-electron chi connectivity index (χ3n) is 3.51. The molecule has 0 radical (unpaired) electrons. The van der Waals surface area contributed by atoms with E-state index in [9.17, 15) is 9.59 Å². The first-order valence-corrected chi connectivity index (χ1v) is 7.81. The summed E-state index contributed by atoms with van der Waals surface area (Å²) in [5.74, 6) is 0.133. The van der Waals surface area contributed by atoms with E-state index in [0.29, 0.717) is 16.1 Å². The maximum Gasteiger partial charge on any atom is 0.261 e. The number of rotatable bonds is 3. The molecule has 2 aromatic carbocycles. The van der Waals surface area contributed by atoms with Crippen LogP contribution < -0.4 is 10.9 Å². The van der Waals surface area contributed by atoms with Crippen molar-refractivity contribution in [3.63, 3.8) is 0 Å². The van der Waals surface area contributed by atoms with Gasteiger partial charge in [0.2, 0.25) is 5.91 Å². The van der Waals surface area contributed by atoms with Gasteiger partial charge in [-0.1, -0.05) is 36.0 Å². The summed E-state index contributed by atoms with van der Waals surface area (Å²) in [5, 5.41) is 5.74. The highest BCUT2D eigenvalue weighted by Gasteiger charge is 2.11. The molecule has 1 amide bonds. The molecule has 3 aromatic rings. The van der Waals surface area contributed by atoms with Crippen molar-refractivity contribution in [1.82, 2.24) is 14.9 Å². The van der Waals surface area contributed by atoms with Gasteiger partial charge >= 0.3 is 0 Å². The van der Waals surface area contributed by atoms with E-state index < -0.39 is 0 Å². The van der Waals surface area contributed by atoms with Gasteiger partial charge in [-0.25, -0.2) is 4.98 Å². The lowest BCUT2D eigenvalue weighted by atomic mass is 10.1. The summed E-state index contributed by atoms with van der Waals surface area (Å²) in [5.41, 5.74) is 0.552. The van der Waals surface area contributed by atoms with Crippen LogP contribution in [0, 0.1) is 0 Å². The van der Waals surface area contributed by atoms with Gasteiger partial charge in [0.15, 0.2) is 5.16 Å². The number of benzene rings is 2. The fourth-order valence-corrected chi connectivity index (χ4v) is 3.11. The van der Waals surface area contributed by atoms with Crippen molar-refractivity contribution in [1.29, 1.82) is 0 Å². The summed E-state index contributed by atoms with van der Waals surface area (Å²) in [4.78, 5) is 28.4. The summed E-state index contributed by atoms with van der Waals surface area (Å²) in [7, 11) is 3.26. The first-order valence-electron chi connectivity index (χ1n) is 6.83. The molecular weight excluding hydrogens is 298 g/mol. The largest absolute Gasteiger partial charge is 0.358 e. The lowest BCUT2D eigenvalue weighted by molar-refractivity contribution is -0.118. The second-order valence-corrected chi connectivity index (χ2v) is 5.88. The van der Waals surface area contributed by atoms with E-state index in [1.165, 1.54) is 16.3 Å². The summed E-state index contributed by atoms with van der Waals surface area (Å²) >= 11 is 1.25. The second-order valence-electron chi connectivity index (χ2n) is 4.94. The maximum absolute atomic E-state index is 12.5. The molecule has 1 aromatic heterocycles. The van der Waals surface area contributed by atoms with Gasteiger partial charge in [-0.05, 0) is 22.9 Å². The molecule has 1 heterocycles. The molecule has 0 unspecified atom stereocenters. The highest BCUT2D eigenvalue weighted by Crippen LogP contribution is 2.22. The molecule has 22 heavy (non-hydrogen) atoms. The van der Waals surface area contributed by atoms with Gasteiger partial charge in [-0.3, -0.25) is 14.2 Å². The predicted molar refractivity (Wildman–Crippen MR) is 89.3 cm³/mol. The number of thioether (sulfide) groups is 1. The molecule has 5 nitrogen and oxygen atoms in total. The van der Waals surface area contributed by atoms with E-state index in [1.807, 2.05) is 36.4 Å². The number of carbonyl (C=O) groups is 1. The lowest BCUT2D eigenvalue weighted by Gasteiger charge is -2.09. The number of aromatic nitrogens is 2. The Morgan fingerprint density at radius 2 is 1.95 bits per heavy atom. The Morgan fingerprint density at radius 3 is 2.64 bits per heavy atom. The van der Waals surface area contributed by atoms with Gasteiger partial charge in [0.25, 0.3) is 5.56 Å². The van der Waals surface area contributed by atoms with Gasteiger partial charge < -0.3 is 5.32 Å². The fraction of sp³-hybridized carbons (Fsp3) is 0.188. The van der Waals surface area contributed by atoms with Crippen LogP contribution in [0.5, 0.6) is 0 Å². The number of hydrogen-bond acceptors (Lipinski definition) is 4. The monoisotopic (exact) mass is 313 g/mol. The number of carbonyl (C=O) groups excluding carboxylic acids is 1. The molecule has 0 saturated heterocycles. The van der Waals surface area contributed by atoms with Crippen LogP contribution in [-0.2, 0) is 11.8 Å². The summed E-state index contributed by atoms with van der Waals surface area (Å²) in [6.45, 7) is 0. The first kappa shape index (κ1) is 14.6. The van der Waals surface area contributed by atoms with Crippen molar-refractivity contribution in [2.75, 3.05) is 12.8 Å². The molecule has 0 spiro atoms. The molecule has 3 rings (SSSR count). The zero-order valence-corrected chi connectivity index (χ0v) is 13.1. The Kier molecular flexibility index (Phi) is 3.85. The molecular formula is C16H15N3O2S. The van der Waals surface area contributed by atoms with Gasteiger partial charge in [-0.15, -0.1) is 0 Å². The standard InChI is InChI=1S/C16H15N3O2S/c1-17-14(20)9-22-16-18-13-8-11-6-4-3-5-10(11)7-12(13)15(21)19(16)2/h3-8H,9H2,1-2H3,(H,17,20). The van der Waals surface area contributed by atoms with Crippen molar-refractivity contribution >= 4 is 39.3 Å². The van der Waals surface area contributed by atoms with Gasteiger partial charge in [0, 0.05) is 14.1 Å². The van der Waals surface area contributed by atoms with E-state index in [0.717, 1.165) is 10.8 Å². The average molecular weight is 313 g/mol. The Morgan fingerprint density at radius 1 is 1.27 bits per heavy atom. The lowest BCUT2D eigenvalue weighted by Crippen LogP contribution is -2.23. The molecule has 0 fully saturated rings. The Bertz CT molecular complexity index is 934. The van der Waals surface area contributed by atoms with Crippen molar-refractivity contribution in [2.24, 2.45) is 7.05 Å². The maximum atomic E-state index is 12.5. The minimum Gasteiger partial charge on any atom is -0.358 e. The van der Waals surface area contributed by atoms with Crippen LogP contribution in [0.25, 0.3) is 21.7 Å². The highest BCUT2D eigenvalue weighted by atomic mass is 32.2. The van der Waals surface area contributed by atoms with E-state index >= 15 is 0 Å². The number of amides is 1. The second kappa shape index (κ2) is 5.81. The van der Waals surface area contributed by atoms with Crippen LogP contribution in [0.15, 0.2) is 46.3 Å². The zero-order valence-electron chi connectivity index (χ0n) is 12.3. The number of fused-ring (bicyclic) bond motifs is 2. The van der Waals surface area contributed by atoms with Crippen molar-refractivity contribution in [3.8, 4) is 0 Å². The Labute approximate surface area is 131 Å². The quantitative estimate of drug-likeness (QED) is 0.456. The summed E-state index contributed by atoms with van der Waals surface area (Å²) in [6, 6.07) is 11.6. The van der Waals surface area contributed by atoms with Crippen LogP contribution >= 0.6 is 11.8 Å². The number of nitrogens with zero attached hydrogens (tertiary/aromatic N) is 2. The van der Waals surface area contributed by atoms with Crippen molar-refractivity contribution in [2.45, 2.75) is 5.16 Å². The van der Waals surface area contributed by atoms with E-state index in [1.54, 1.807) is 14.1 Å². The van der Waals surface area contributed by atoms with Gasteiger partial charge in [0.05, 0.1) is 16.7 Å². The summed E-state index contributed by atoms with van der Waals surface area (Å²) in [6.07, 6.45) is 0. The molecule has 0 atom stereocenters. The van der Waals surface area contributed by atoms with Gasteiger partial charge in [-0.2, -0.15) is 0 Å². The van der Waals surface area contributed by atoms with Crippen molar-refractivity contribution in [3.05, 3.63) is 46.8 Å². The fourth-order valence-electron chi connectivity index (χ4n) is 2.27. The average Bonchev–Trinajstić information content (AvgIpc) is 2.55. The third-order valence-corrected chi connectivity index (χ3v) is 4.54. The van der Waals surface area contributed by atoms with Crippen LogP contribution in [0.4, 0.5) is 0 Å². The topological polar surface area (TPSA) is 64.0 Å². The van der Waals surface area contributed by atoms with E-state index in [4.69, 9.17) is 0 Å². The number of hydrogen-bond donors (Lipinski definition) is 1. The first-order chi connectivity index (χ1) is 10.6. The highest BCUT2D eigenvalue weighted by molar-refractivity contribution is 7.99. The molecule has 1 N–H and O–H groups in total. The molecule has 0 aliphatic rings. The van der Waals surface area contributed by atoms with Crippen LogP contribution in [0.3, 0.4) is 0 Å². The summed E-state index contributed by atoms with van der Waals surface area (Å²) < 4.78 is 1.49. The molecule has 0 aliphatic carbocycles. The van der Waals surface area contributed by atoms with Crippen molar-refractivity contribution < 1.29 is 4.79 Å².